The molecule has 110 valence electrons. The van der Waals surface area contributed by atoms with Crippen LogP contribution in [0.1, 0.15) is 6.42 Å². The van der Waals surface area contributed by atoms with Gasteiger partial charge in [-0.25, -0.2) is 13.1 Å². The van der Waals surface area contributed by atoms with E-state index >= 15 is 0 Å². The van der Waals surface area contributed by atoms with Crippen molar-refractivity contribution in [2.24, 2.45) is 0 Å². The summed E-state index contributed by atoms with van der Waals surface area (Å²) in [4.78, 5) is 11.3. The Labute approximate surface area is 117 Å². The second-order valence-corrected chi connectivity index (χ2v) is 6.12. The molecule has 0 saturated heterocycles. The number of benzene rings is 1. The molecule has 0 saturated carbocycles. The van der Waals surface area contributed by atoms with E-state index in [0.29, 0.717) is 24.4 Å². The zero-order valence-corrected chi connectivity index (χ0v) is 11.9. The largest absolute Gasteiger partial charge is 0.482 e. The van der Waals surface area contributed by atoms with Gasteiger partial charge in [-0.3, -0.25) is 4.79 Å². The smallest absolute Gasteiger partial charge is 0.262 e. The highest BCUT2D eigenvalue weighted by atomic mass is 32.2. The van der Waals surface area contributed by atoms with E-state index in [1.165, 1.54) is 18.2 Å². The minimum Gasteiger partial charge on any atom is -0.482 e. The number of fused-ring (bicyclic) bond motifs is 1. The van der Waals surface area contributed by atoms with Gasteiger partial charge in [-0.15, -0.1) is 0 Å². The maximum absolute atomic E-state index is 12.1. The van der Waals surface area contributed by atoms with Crippen molar-refractivity contribution < 1.29 is 17.9 Å². The number of hydrogen-bond donors (Lipinski definition) is 3. The van der Waals surface area contributed by atoms with Crippen molar-refractivity contribution in [3.63, 3.8) is 0 Å². The van der Waals surface area contributed by atoms with Crippen LogP contribution in [0.15, 0.2) is 23.1 Å². The van der Waals surface area contributed by atoms with Gasteiger partial charge in [0.1, 0.15) is 5.75 Å². The van der Waals surface area contributed by atoms with Crippen LogP contribution in [-0.2, 0) is 14.8 Å². The van der Waals surface area contributed by atoms with Crippen molar-refractivity contribution in [1.82, 2.24) is 10.0 Å². The van der Waals surface area contributed by atoms with Crippen molar-refractivity contribution in [2.45, 2.75) is 11.3 Å². The summed E-state index contributed by atoms with van der Waals surface area (Å²) in [5, 5.41) is 5.52. The normalized spacial score (nSPS) is 14.3. The van der Waals surface area contributed by atoms with E-state index in [9.17, 15) is 13.2 Å². The molecule has 0 radical (unpaired) electrons. The Morgan fingerprint density at radius 2 is 2.15 bits per heavy atom. The van der Waals surface area contributed by atoms with Crippen molar-refractivity contribution in [2.75, 3.05) is 32.1 Å². The van der Waals surface area contributed by atoms with Crippen molar-refractivity contribution in [3.05, 3.63) is 18.2 Å². The summed E-state index contributed by atoms with van der Waals surface area (Å²) < 4.78 is 31.8. The van der Waals surface area contributed by atoms with Gasteiger partial charge in [0.25, 0.3) is 5.91 Å². The number of hydrogen-bond acceptors (Lipinski definition) is 5. The minimum absolute atomic E-state index is 0.0542. The molecule has 0 aliphatic carbocycles. The van der Waals surface area contributed by atoms with E-state index in [4.69, 9.17) is 4.74 Å². The molecule has 0 fully saturated rings. The minimum atomic E-state index is -3.58. The molecule has 1 aromatic carbocycles. The van der Waals surface area contributed by atoms with Crippen LogP contribution in [0, 0.1) is 0 Å². The fourth-order valence-corrected chi connectivity index (χ4v) is 2.88. The first-order chi connectivity index (χ1) is 9.53. The van der Waals surface area contributed by atoms with Gasteiger partial charge in [-0.05, 0) is 38.2 Å². The fraction of sp³-hybridized carbons (Fsp3) is 0.417. The van der Waals surface area contributed by atoms with Crippen LogP contribution in [0.25, 0.3) is 0 Å². The molecule has 0 spiro atoms. The number of carbonyl (C=O) groups excluding carboxylic acids is 1. The number of anilines is 1. The van der Waals surface area contributed by atoms with Crippen LogP contribution in [0.2, 0.25) is 0 Å². The first-order valence-electron chi connectivity index (χ1n) is 6.24. The molecule has 0 unspecified atom stereocenters. The molecule has 20 heavy (non-hydrogen) atoms. The topological polar surface area (TPSA) is 96.5 Å². The highest BCUT2D eigenvalue weighted by Crippen LogP contribution is 2.29. The van der Waals surface area contributed by atoms with Crippen LogP contribution >= 0.6 is 0 Å². The first kappa shape index (κ1) is 14.8. The summed E-state index contributed by atoms with van der Waals surface area (Å²) in [6.07, 6.45) is 0.695. The molecule has 1 heterocycles. The summed E-state index contributed by atoms with van der Waals surface area (Å²) in [7, 11) is -1.77. The number of carbonyl (C=O) groups is 1. The molecule has 2 rings (SSSR count). The average Bonchev–Trinajstić information content (AvgIpc) is 2.43. The quantitative estimate of drug-likeness (QED) is 0.638. The van der Waals surface area contributed by atoms with Crippen LogP contribution in [-0.4, -0.2) is 41.1 Å². The highest BCUT2D eigenvalue weighted by Gasteiger charge is 2.20. The lowest BCUT2D eigenvalue weighted by Crippen LogP contribution is -2.28. The van der Waals surface area contributed by atoms with Crippen LogP contribution in [0.3, 0.4) is 0 Å². The molecular formula is C12H17N3O4S. The van der Waals surface area contributed by atoms with Crippen LogP contribution in [0.4, 0.5) is 5.69 Å². The zero-order chi connectivity index (χ0) is 14.6. The summed E-state index contributed by atoms with van der Waals surface area (Å²) in [6.45, 7) is 1.03. The SMILES string of the molecule is CNCCCNS(=O)(=O)c1ccc2c(c1)NC(=O)CO2. The second-order valence-electron chi connectivity index (χ2n) is 4.35. The lowest BCUT2D eigenvalue weighted by Gasteiger charge is -2.18. The molecule has 7 nitrogen and oxygen atoms in total. The average molecular weight is 299 g/mol. The monoisotopic (exact) mass is 299 g/mol. The zero-order valence-electron chi connectivity index (χ0n) is 11.1. The Kier molecular flexibility index (Phi) is 4.58. The number of ether oxygens (including phenoxy) is 1. The number of rotatable bonds is 6. The third-order valence-corrected chi connectivity index (χ3v) is 4.25. The lowest BCUT2D eigenvalue weighted by molar-refractivity contribution is -0.118. The Morgan fingerprint density at radius 3 is 2.90 bits per heavy atom. The van der Waals surface area contributed by atoms with E-state index < -0.39 is 10.0 Å². The summed E-state index contributed by atoms with van der Waals surface area (Å²) in [5.74, 6) is 0.174. The highest BCUT2D eigenvalue weighted by molar-refractivity contribution is 7.89. The molecule has 1 aliphatic rings. The maximum atomic E-state index is 12.1. The molecule has 0 bridgehead atoms. The van der Waals surface area contributed by atoms with E-state index in [0.717, 1.165) is 6.54 Å². The Balaban J connectivity index is 2.12. The van der Waals surface area contributed by atoms with Crippen molar-refractivity contribution >= 4 is 21.6 Å². The van der Waals surface area contributed by atoms with Crippen molar-refractivity contribution in [1.29, 1.82) is 0 Å². The van der Waals surface area contributed by atoms with Gasteiger partial charge < -0.3 is 15.4 Å². The lowest BCUT2D eigenvalue weighted by atomic mass is 10.2. The van der Waals surface area contributed by atoms with E-state index in [2.05, 4.69) is 15.4 Å². The predicted molar refractivity (Wildman–Crippen MR) is 74.3 cm³/mol. The second kappa shape index (κ2) is 6.21. The van der Waals surface area contributed by atoms with Gasteiger partial charge in [0.2, 0.25) is 10.0 Å². The number of amides is 1. The maximum Gasteiger partial charge on any atom is 0.262 e. The molecule has 8 heteroatoms. The third kappa shape index (κ3) is 3.47. The van der Waals surface area contributed by atoms with Gasteiger partial charge in [-0.1, -0.05) is 0 Å². The van der Waals surface area contributed by atoms with Crippen molar-refractivity contribution in [3.8, 4) is 5.75 Å². The molecule has 1 aliphatic heterocycles. The molecular weight excluding hydrogens is 282 g/mol. The third-order valence-electron chi connectivity index (χ3n) is 2.79. The standard InChI is InChI=1S/C12H17N3O4S/c1-13-5-2-6-14-20(17,18)9-3-4-11-10(7-9)15-12(16)8-19-11/h3-4,7,13-14H,2,5-6,8H2,1H3,(H,15,16). The summed E-state index contributed by atoms with van der Waals surface area (Å²) >= 11 is 0. The van der Waals surface area contributed by atoms with Gasteiger partial charge >= 0.3 is 0 Å². The number of sulfonamides is 1. The summed E-state index contributed by atoms with van der Waals surface area (Å²) in [6, 6.07) is 4.39. The van der Waals surface area contributed by atoms with Crippen LogP contribution in [0.5, 0.6) is 5.75 Å². The van der Waals surface area contributed by atoms with Gasteiger partial charge in [0, 0.05) is 6.54 Å². The van der Waals surface area contributed by atoms with E-state index in [1.54, 1.807) is 7.05 Å². The Bertz CT molecular complexity index is 601. The van der Waals surface area contributed by atoms with Crippen LogP contribution < -0.4 is 20.1 Å². The van der Waals surface area contributed by atoms with Gasteiger partial charge in [0.15, 0.2) is 6.61 Å². The summed E-state index contributed by atoms with van der Waals surface area (Å²) in [5.41, 5.74) is 0.374. The molecule has 3 N–H and O–H groups in total. The molecule has 0 atom stereocenters. The Hall–Kier alpha value is -1.64. The molecule has 1 amide bonds. The first-order valence-corrected chi connectivity index (χ1v) is 7.72. The van der Waals surface area contributed by atoms with Gasteiger partial charge in [-0.2, -0.15) is 0 Å². The number of nitrogens with one attached hydrogen (secondary N) is 3. The molecule has 1 aromatic rings. The van der Waals surface area contributed by atoms with E-state index in [1.807, 2.05) is 0 Å². The fourth-order valence-electron chi connectivity index (χ4n) is 1.78. The van der Waals surface area contributed by atoms with Gasteiger partial charge in [0.05, 0.1) is 10.6 Å². The van der Waals surface area contributed by atoms with E-state index in [-0.39, 0.29) is 17.4 Å². The molecule has 0 aromatic heterocycles. The predicted octanol–water partition coefficient (Wildman–Crippen LogP) is -0.0947. The Morgan fingerprint density at radius 1 is 1.35 bits per heavy atom.